The second-order valence-corrected chi connectivity index (χ2v) is 8.40. The molecule has 2 unspecified atom stereocenters. The van der Waals surface area contributed by atoms with Gasteiger partial charge in [0.2, 0.25) is 0 Å². The van der Waals surface area contributed by atoms with E-state index in [0.29, 0.717) is 22.7 Å². The molecule has 0 aromatic rings. The molecular weight excluding hydrogens is 408 g/mol. The minimum atomic E-state index is 0. The van der Waals surface area contributed by atoms with Gasteiger partial charge in [0, 0.05) is 0 Å². The van der Waals surface area contributed by atoms with Crippen LogP contribution in [0.5, 0.6) is 0 Å². The monoisotopic (exact) mass is 448 g/mol. The van der Waals surface area contributed by atoms with Crippen LogP contribution in [-0.4, -0.2) is 6.88 Å². The molecule has 0 amide bonds. The van der Waals surface area contributed by atoms with E-state index in [4.69, 9.17) is 0 Å². The molecule has 0 radical (unpaired) electrons. The van der Waals surface area contributed by atoms with E-state index in [-0.39, 0.29) is 14.9 Å². The van der Waals surface area contributed by atoms with Crippen LogP contribution < -0.4 is 0 Å². The van der Waals surface area contributed by atoms with Gasteiger partial charge in [-0.05, 0) is 0 Å². The SMILES string of the molecule is CCC1[C-]=CC(C(C)(C)C)=C1.CCC1[C-]=CC(C(C)(C)C)=C1.[CH3-].[CH3-].[SiH2]=[Zr]. The van der Waals surface area contributed by atoms with Gasteiger partial charge in [-0.15, -0.1) is 0 Å². The first kappa shape index (κ1) is 30.8. The minimum absolute atomic E-state index is 0. The van der Waals surface area contributed by atoms with Gasteiger partial charge in [-0.25, -0.2) is 12.2 Å². The molecule has 0 bridgehead atoms. The maximum absolute atomic E-state index is 3.35. The molecule has 26 heavy (non-hydrogen) atoms. The number of allylic oxidation sites excluding steroid dienone is 8. The van der Waals surface area contributed by atoms with E-state index in [1.807, 2.05) is 6.88 Å². The molecule has 2 atom stereocenters. The van der Waals surface area contributed by atoms with Crippen LogP contribution in [0.15, 0.2) is 35.5 Å². The second kappa shape index (κ2) is 14.1. The predicted octanol–water partition coefficient (Wildman–Crippen LogP) is 6.70. The van der Waals surface area contributed by atoms with Crippen molar-refractivity contribution in [2.75, 3.05) is 0 Å². The van der Waals surface area contributed by atoms with Crippen LogP contribution in [-0.2, 0) is 23.3 Å². The van der Waals surface area contributed by atoms with Crippen molar-refractivity contribution in [3.63, 3.8) is 0 Å². The van der Waals surface area contributed by atoms with Gasteiger partial charge in [-0.1, -0.05) is 90.9 Å². The van der Waals surface area contributed by atoms with E-state index in [1.165, 1.54) is 24.0 Å². The van der Waals surface area contributed by atoms with Gasteiger partial charge < -0.3 is 14.9 Å². The Hall–Kier alpha value is 0.0600. The average Bonchev–Trinajstić information content (AvgIpc) is 3.18. The summed E-state index contributed by atoms with van der Waals surface area (Å²) in [5, 5.41) is 0. The number of rotatable bonds is 2. The molecule has 2 rings (SSSR count). The zero-order valence-electron chi connectivity index (χ0n) is 19.1. The fourth-order valence-corrected chi connectivity index (χ4v) is 2.42. The van der Waals surface area contributed by atoms with Crippen molar-refractivity contribution in [2.45, 2.75) is 68.2 Å². The van der Waals surface area contributed by atoms with Gasteiger partial charge in [0.25, 0.3) is 0 Å². The molecule has 2 aliphatic rings. The Morgan fingerprint density at radius 3 is 1.15 bits per heavy atom. The molecule has 0 aliphatic heterocycles. The van der Waals surface area contributed by atoms with Gasteiger partial charge in [0.05, 0.1) is 0 Å². The van der Waals surface area contributed by atoms with Gasteiger partial charge in [0.15, 0.2) is 0 Å². The first-order valence-corrected chi connectivity index (χ1v) is 15.0. The topological polar surface area (TPSA) is 0 Å². The molecule has 0 N–H and O–H groups in total. The van der Waals surface area contributed by atoms with Gasteiger partial charge >= 0.3 is 30.2 Å². The fraction of sp³-hybridized carbons (Fsp3) is 0.583. The van der Waals surface area contributed by atoms with Crippen molar-refractivity contribution in [3.05, 3.63) is 62.5 Å². The first-order chi connectivity index (χ1) is 11.1. The Balaban J connectivity index is -0.000000347. The van der Waals surface area contributed by atoms with E-state index in [2.05, 4.69) is 91.8 Å². The summed E-state index contributed by atoms with van der Waals surface area (Å²) in [5.74, 6) is 1.15. The summed E-state index contributed by atoms with van der Waals surface area (Å²) < 4.78 is 0. The van der Waals surface area contributed by atoms with E-state index >= 15 is 0 Å². The van der Waals surface area contributed by atoms with Crippen molar-refractivity contribution < 1.29 is 23.3 Å². The predicted molar refractivity (Wildman–Crippen MR) is 120 cm³/mol. The number of hydrogen-bond acceptors (Lipinski definition) is 0. The van der Waals surface area contributed by atoms with Crippen molar-refractivity contribution in [1.82, 2.24) is 0 Å². The summed E-state index contributed by atoms with van der Waals surface area (Å²) >= 11 is 1.58. The van der Waals surface area contributed by atoms with Gasteiger partial charge in [-0.2, -0.15) is 23.3 Å². The molecule has 0 nitrogen and oxygen atoms in total. The van der Waals surface area contributed by atoms with E-state index in [0.717, 1.165) is 0 Å². The molecule has 0 spiro atoms. The molecule has 0 saturated carbocycles. The van der Waals surface area contributed by atoms with E-state index in [1.54, 1.807) is 23.3 Å². The Morgan fingerprint density at radius 2 is 1.04 bits per heavy atom. The van der Waals surface area contributed by atoms with Crippen LogP contribution in [0.1, 0.15) is 68.2 Å². The summed E-state index contributed by atoms with van der Waals surface area (Å²) in [6.45, 7) is 19.8. The standard InChI is InChI=1S/2C11H17.2CH3.H2Si.Zr/c2*1-5-9-6-7-10(8-9)11(2,3)4;;;;/h2*7-9H,5H2,1-4H3;2*1H3;1H2;/q4*-1;;. The van der Waals surface area contributed by atoms with Gasteiger partial charge in [-0.3, -0.25) is 12.2 Å². The molecule has 0 heterocycles. The van der Waals surface area contributed by atoms with Crippen molar-refractivity contribution >= 4 is 6.88 Å². The molecule has 0 aromatic carbocycles. The second-order valence-electron chi connectivity index (χ2n) is 8.40. The van der Waals surface area contributed by atoms with Crippen LogP contribution in [0.2, 0.25) is 0 Å². The van der Waals surface area contributed by atoms with E-state index in [9.17, 15) is 0 Å². The van der Waals surface area contributed by atoms with Gasteiger partial charge in [0.1, 0.15) is 0 Å². The summed E-state index contributed by atoms with van der Waals surface area (Å²) in [6.07, 6.45) is 18.0. The van der Waals surface area contributed by atoms with Crippen LogP contribution in [0, 0.1) is 49.7 Å². The Labute approximate surface area is 182 Å². The van der Waals surface area contributed by atoms with Crippen LogP contribution >= 0.6 is 0 Å². The summed E-state index contributed by atoms with van der Waals surface area (Å²) in [6, 6.07) is 0. The third-order valence-corrected chi connectivity index (χ3v) is 4.28. The zero-order valence-corrected chi connectivity index (χ0v) is 23.0. The molecule has 2 aliphatic carbocycles. The normalized spacial score (nSPS) is 20.4. The maximum atomic E-state index is 3.35. The Kier molecular flexibility index (Phi) is 16.7. The van der Waals surface area contributed by atoms with Crippen LogP contribution in [0.3, 0.4) is 0 Å². The first-order valence-electron chi connectivity index (χ1n) is 9.06. The average molecular weight is 450 g/mol. The molecule has 0 aromatic heterocycles. The summed E-state index contributed by atoms with van der Waals surface area (Å²) in [7, 11) is 0. The third-order valence-electron chi connectivity index (χ3n) is 4.28. The van der Waals surface area contributed by atoms with Crippen LogP contribution in [0.4, 0.5) is 0 Å². The molecular formula is C24H42SiZr-4. The van der Waals surface area contributed by atoms with Crippen LogP contribution in [0.25, 0.3) is 0 Å². The fourth-order valence-electron chi connectivity index (χ4n) is 2.42. The summed E-state index contributed by atoms with van der Waals surface area (Å²) in [4.78, 5) is 0. The Bertz CT molecular complexity index is 449. The summed E-state index contributed by atoms with van der Waals surface area (Å²) in [5.41, 5.74) is 3.47. The molecule has 0 saturated heterocycles. The number of hydrogen-bond donors (Lipinski definition) is 0. The zero-order chi connectivity index (χ0) is 19.0. The van der Waals surface area contributed by atoms with Crippen molar-refractivity contribution in [1.29, 1.82) is 0 Å². The molecule has 0 fully saturated rings. The third kappa shape index (κ3) is 11.0. The molecule has 150 valence electrons. The van der Waals surface area contributed by atoms with E-state index < -0.39 is 0 Å². The quantitative estimate of drug-likeness (QED) is 0.325. The Morgan fingerprint density at radius 1 is 0.769 bits per heavy atom. The van der Waals surface area contributed by atoms with Crippen molar-refractivity contribution in [3.8, 4) is 0 Å². The molecule has 2 heteroatoms. The van der Waals surface area contributed by atoms with Crippen molar-refractivity contribution in [2.24, 2.45) is 22.7 Å².